The first kappa shape index (κ1) is 15.9. The minimum atomic E-state index is -3.73. The van der Waals surface area contributed by atoms with Gasteiger partial charge in [-0.25, -0.2) is 17.9 Å². The highest BCUT2D eigenvalue weighted by atomic mass is 32.2. The number of carboxylic acids is 1. The number of ether oxygens (including phenoxy) is 1. The van der Waals surface area contributed by atoms with Gasteiger partial charge in [0, 0.05) is 19.3 Å². The second-order valence-electron chi connectivity index (χ2n) is 4.99. The number of carboxylic acid groups (broad SMARTS) is 1. The highest BCUT2D eigenvalue weighted by Crippen LogP contribution is 2.20. The maximum Gasteiger partial charge on any atom is 0.335 e. The second-order valence-corrected chi connectivity index (χ2v) is 6.67. The molecule has 21 heavy (non-hydrogen) atoms. The number of sulfonamides is 1. The summed E-state index contributed by atoms with van der Waals surface area (Å²) in [6, 6.07) is 4.04. The molecule has 116 valence electrons. The van der Waals surface area contributed by atoms with Gasteiger partial charge in [0.15, 0.2) is 0 Å². The molecule has 0 amide bonds. The number of aromatic carboxylic acids is 1. The molecule has 1 aromatic carbocycles. The van der Waals surface area contributed by atoms with Crippen LogP contribution in [0.2, 0.25) is 0 Å². The zero-order valence-electron chi connectivity index (χ0n) is 11.8. The van der Waals surface area contributed by atoms with Gasteiger partial charge in [0.2, 0.25) is 10.0 Å². The van der Waals surface area contributed by atoms with E-state index in [0.29, 0.717) is 38.0 Å². The smallest absolute Gasteiger partial charge is 0.335 e. The Hall–Kier alpha value is -1.44. The molecule has 0 spiro atoms. The van der Waals surface area contributed by atoms with Crippen molar-refractivity contribution in [2.45, 2.75) is 37.1 Å². The van der Waals surface area contributed by atoms with Crippen LogP contribution in [0.1, 0.15) is 35.7 Å². The van der Waals surface area contributed by atoms with E-state index >= 15 is 0 Å². The van der Waals surface area contributed by atoms with E-state index in [1.54, 1.807) is 6.07 Å². The van der Waals surface area contributed by atoms with Crippen molar-refractivity contribution < 1.29 is 23.1 Å². The molecule has 1 aliphatic heterocycles. The predicted molar refractivity (Wildman–Crippen MR) is 76.9 cm³/mol. The van der Waals surface area contributed by atoms with E-state index in [0.717, 1.165) is 0 Å². The van der Waals surface area contributed by atoms with Gasteiger partial charge >= 0.3 is 5.97 Å². The summed E-state index contributed by atoms with van der Waals surface area (Å²) in [5.41, 5.74) is 0.583. The molecule has 0 unspecified atom stereocenters. The number of aryl methyl sites for hydroxylation is 1. The van der Waals surface area contributed by atoms with Crippen LogP contribution in [0, 0.1) is 0 Å². The molecule has 0 atom stereocenters. The molecule has 2 N–H and O–H groups in total. The highest BCUT2D eigenvalue weighted by molar-refractivity contribution is 7.89. The number of hydrogen-bond donors (Lipinski definition) is 2. The van der Waals surface area contributed by atoms with E-state index in [1.165, 1.54) is 12.1 Å². The average molecular weight is 313 g/mol. The van der Waals surface area contributed by atoms with E-state index in [9.17, 15) is 13.2 Å². The van der Waals surface area contributed by atoms with E-state index in [-0.39, 0.29) is 16.5 Å². The van der Waals surface area contributed by atoms with Gasteiger partial charge in [-0.1, -0.05) is 13.0 Å². The van der Waals surface area contributed by atoms with E-state index in [4.69, 9.17) is 9.84 Å². The normalized spacial score (nSPS) is 16.8. The van der Waals surface area contributed by atoms with Gasteiger partial charge in [-0.05, 0) is 37.0 Å². The highest BCUT2D eigenvalue weighted by Gasteiger charge is 2.25. The first-order chi connectivity index (χ1) is 9.94. The van der Waals surface area contributed by atoms with Gasteiger partial charge in [0.1, 0.15) is 0 Å². The largest absolute Gasteiger partial charge is 0.478 e. The number of nitrogens with one attached hydrogen (secondary N) is 1. The Morgan fingerprint density at radius 1 is 1.38 bits per heavy atom. The van der Waals surface area contributed by atoms with Crippen LogP contribution in [0.5, 0.6) is 0 Å². The molecular formula is C14H19NO5S. The third kappa shape index (κ3) is 3.81. The van der Waals surface area contributed by atoms with Crippen LogP contribution in [-0.4, -0.2) is 38.7 Å². The van der Waals surface area contributed by atoms with Gasteiger partial charge in [0.25, 0.3) is 0 Å². The molecule has 1 saturated heterocycles. The monoisotopic (exact) mass is 313 g/mol. The number of benzene rings is 1. The van der Waals surface area contributed by atoms with Crippen molar-refractivity contribution in [3.8, 4) is 0 Å². The van der Waals surface area contributed by atoms with Gasteiger partial charge in [-0.2, -0.15) is 0 Å². The molecule has 6 nitrogen and oxygen atoms in total. The molecule has 0 aromatic heterocycles. The molecule has 7 heteroatoms. The van der Waals surface area contributed by atoms with Crippen LogP contribution in [0.4, 0.5) is 0 Å². The summed E-state index contributed by atoms with van der Waals surface area (Å²) < 4.78 is 32.9. The van der Waals surface area contributed by atoms with Crippen molar-refractivity contribution in [2.75, 3.05) is 13.2 Å². The van der Waals surface area contributed by atoms with Crippen LogP contribution in [0.15, 0.2) is 23.1 Å². The number of rotatable bonds is 5. The molecule has 0 aliphatic carbocycles. The van der Waals surface area contributed by atoms with Gasteiger partial charge < -0.3 is 9.84 Å². The predicted octanol–water partition coefficient (Wildman–Crippen LogP) is 1.40. The molecule has 0 radical (unpaired) electrons. The van der Waals surface area contributed by atoms with Crippen molar-refractivity contribution >= 4 is 16.0 Å². The van der Waals surface area contributed by atoms with Crippen molar-refractivity contribution in [1.82, 2.24) is 4.72 Å². The topological polar surface area (TPSA) is 92.7 Å². The van der Waals surface area contributed by atoms with Crippen LogP contribution >= 0.6 is 0 Å². The summed E-state index contributed by atoms with van der Waals surface area (Å²) in [6.07, 6.45) is 1.77. The third-order valence-electron chi connectivity index (χ3n) is 3.53. The van der Waals surface area contributed by atoms with Crippen molar-refractivity contribution in [2.24, 2.45) is 0 Å². The Labute approximate surface area is 124 Å². The SMILES string of the molecule is CCc1ccc(C(=O)O)cc1S(=O)(=O)NC1CCOCC1. The second kappa shape index (κ2) is 6.55. The molecule has 1 aliphatic rings. The lowest BCUT2D eigenvalue weighted by atomic mass is 10.1. The molecule has 1 fully saturated rings. The van der Waals surface area contributed by atoms with E-state index < -0.39 is 16.0 Å². The Kier molecular flexibility index (Phi) is 4.97. The first-order valence-electron chi connectivity index (χ1n) is 6.90. The van der Waals surface area contributed by atoms with Crippen LogP contribution in [0.3, 0.4) is 0 Å². The third-order valence-corrected chi connectivity index (χ3v) is 5.13. The van der Waals surface area contributed by atoms with Crippen molar-refractivity contribution in [3.63, 3.8) is 0 Å². The summed E-state index contributed by atoms with van der Waals surface area (Å²) in [7, 11) is -3.73. The Bertz CT molecular complexity index is 620. The fourth-order valence-electron chi connectivity index (χ4n) is 2.33. The summed E-state index contributed by atoms with van der Waals surface area (Å²) in [6.45, 7) is 2.90. The lowest BCUT2D eigenvalue weighted by Crippen LogP contribution is -2.39. The first-order valence-corrected chi connectivity index (χ1v) is 8.38. The molecule has 2 rings (SSSR count). The molecule has 0 bridgehead atoms. The zero-order chi connectivity index (χ0) is 15.5. The summed E-state index contributed by atoms with van der Waals surface area (Å²) >= 11 is 0. The summed E-state index contributed by atoms with van der Waals surface area (Å²) in [5, 5.41) is 9.03. The maximum absolute atomic E-state index is 12.5. The molecule has 0 saturated carbocycles. The lowest BCUT2D eigenvalue weighted by Gasteiger charge is -2.23. The van der Waals surface area contributed by atoms with Crippen molar-refractivity contribution in [3.05, 3.63) is 29.3 Å². The number of carbonyl (C=O) groups is 1. The lowest BCUT2D eigenvalue weighted by molar-refractivity contribution is 0.0696. The minimum absolute atomic E-state index is 0.0282. The molecular weight excluding hydrogens is 294 g/mol. The summed E-state index contributed by atoms with van der Waals surface area (Å²) in [5.74, 6) is -1.14. The molecule has 1 heterocycles. The fraction of sp³-hybridized carbons (Fsp3) is 0.500. The van der Waals surface area contributed by atoms with Crippen molar-refractivity contribution in [1.29, 1.82) is 0 Å². The Balaban J connectivity index is 2.32. The van der Waals surface area contributed by atoms with Gasteiger partial charge in [-0.3, -0.25) is 0 Å². The van der Waals surface area contributed by atoms with Crippen LogP contribution in [-0.2, 0) is 21.2 Å². The van der Waals surface area contributed by atoms with Crippen LogP contribution < -0.4 is 4.72 Å². The quantitative estimate of drug-likeness (QED) is 0.857. The summed E-state index contributed by atoms with van der Waals surface area (Å²) in [4.78, 5) is 11.1. The Morgan fingerprint density at radius 3 is 2.62 bits per heavy atom. The van der Waals surface area contributed by atoms with Crippen LogP contribution in [0.25, 0.3) is 0 Å². The maximum atomic E-state index is 12.5. The number of hydrogen-bond acceptors (Lipinski definition) is 4. The Morgan fingerprint density at radius 2 is 2.05 bits per heavy atom. The zero-order valence-corrected chi connectivity index (χ0v) is 12.6. The van der Waals surface area contributed by atoms with Gasteiger partial charge in [-0.15, -0.1) is 0 Å². The average Bonchev–Trinajstić information content (AvgIpc) is 2.47. The standard InChI is InChI=1S/C14H19NO5S/c1-2-10-3-4-11(14(16)17)9-13(10)21(18,19)15-12-5-7-20-8-6-12/h3-4,9,12,15H,2,5-8H2,1H3,(H,16,17). The van der Waals surface area contributed by atoms with E-state index in [1.807, 2.05) is 6.92 Å². The molecule has 1 aromatic rings. The van der Waals surface area contributed by atoms with E-state index in [2.05, 4.69) is 4.72 Å². The van der Waals surface area contributed by atoms with Gasteiger partial charge in [0.05, 0.1) is 10.5 Å². The fourth-order valence-corrected chi connectivity index (χ4v) is 3.97. The minimum Gasteiger partial charge on any atom is -0.478 e.